The Morgan fingerprint density at radius 3 is 2.37 bits per heavy atom. The summed E-state index contributed by atoms with van der Waals surface area (Å²) in [6, 6.07) is 0. The van der Waals surface area contributed by atoms with Gasteiger partial charge in [0.1, 0.15) is 5.78 Å². The molecule has 3 aliphatic rings. The minimum Gasteiger partial charge on any atom is -0.299 e. The van der Waals surface area contributed by atoms with Gasteiger partial charge in [0.2, 0.25) is 0 Å². The minimum atomic E-state index is -0.0296. The van der Waals surface area contributed by atoms with E-state index >= 15 is 0 Å². The number of alkyl halides is 2. The van der Waals surface area contributed by atoms with E-state index < -0.39 is 0 Å². The largest absolute Gasteiger partial charge is 0.299 e. The van der Waals surface area contributed by atoms with Crippen LogP contribution in [0.25, 0.3) is 0 Å². The fourth-order valence-corrected chi connectivity index (χ4v) is 8.09. The summed E-state index contributed by atoms with van der Waals surface area (Å²) in [6.45, 7) is 9.14. The van der Waals surface area contributed by atoms with Crippen LogP contribution in [0.2, 0.25) is 0 Å². The van der Waals surface area contributed by atoms with Gasteiger partial charge in [0, 0.05) is 22.7 Å². The molecule has 0 unspecified atom stereocenters. The van der Waals surface area contributed by atoms with E-state index in [2.05, 4.69) is 59.6 Å². The molecule has 19 heavy (non-hydrogen) atoms. The van der Waals surface area contributed by atoms with Crippen molar-refractivity contribution in [3.8, 4) is 0 Å². The van der Waals surface area contributed by atoms with E-state index in [1.54, 1.807) is 0 Å². The average Bonchev–Trinajstić information content (AvgIpc) is 2.69. The van der Waals surface area contributed by atoms with Crippen molar-refractivity contribution in [1.82, 2.24) is 0 Å². The number of Topliss-reactive ketones (excluding diaryl/α,β-unsaturated/α-hetero) is 1. The Morgan fingerprint density at radius 2 is 1.74 bits per heavy atom. The summed E-state index contributed by atoms with van der Waals surface area (Å²) in [7, 11) is 0. The van der Waals surface area contributed by atoms with Crippen LogP contribution in [0.4, 0.5) is 0 Å². The summed E-state index contributed by atoms with van der Waals surface area (Å²) < 4.78 is -0.0296. The standard InChI is InChI=1S/C16H24Br2O/c1-10-6-9-15-12(11(10)19)13(2,3)7-5-8-14(15,4)16(15,17)18/h10,12H,5-9H2,1-4H3/t10-,12-,14-,15+/m1/s1. The molecule has 0 radical (unpaired) electrons. The quantitative estimate of drug-likeness (QED) is 0.511. The highest BCUT2D eigenvalue weighted by Gasteiger charge is 2.87. The highest BCUT2D eigenvalue weighted by Crippen LogP contribution is 2.89. The number of hydrogen-bond donors (Lipinski definition) is 0. The van der Waals surface area contributed by atoms with E-state index in [4.69, 9.17) is 0 Å². The predicted octanol–water partition coefficient (Wildman–Crippen LogP) is 5.30. The summed E-state index contributed by atoms with van der Waals surface area (Å²) in [5.41, 5.74) is 0.491. The zero-order valence-electron chi connectivity index (χ0n) is 12.4. The van der Waals surface area contributed by atoms with Crippen LogP contribution >= 0.6 is 31.9 Å². The molecule has 0 aromatic carbocycles. The zero-order valence-corrected chi connectivity index (χ0v) is 15.5. The lowest BCUT2D eigenvalue weighted by Gasteiger charge is -2.45. The summed E-state index contributed by atoms with van der Waals surface area (Å²) >= 11 is 7.93. The van der Waals surface area contributed by atoms with Crippen LogP contribution in [-0.2, 0) is 4.79 Å². The Kier molecular flexibility index (Phi) is 2.97. The molecule has 1 nitrogen and oxygen atoms in total. The van der Waals surface area contributed by atoms with Crippen molar-refractivity contribution in [1.29, 1.82) is 0 Å². The fourth-order valence-electron chi connectivity index (χ4n) is 5.46. The van der Waals surface area contributed by atoms with Crippen molar-refractivity contribution in [3.05, 3.63) is 0 Å². The van der Waals surface area contributed by atoms with Crippen molar-refractivity contribution in [2.24, 2.45) is 28.1 Å². The summed E-state index contributed by atoms with van der Waals surface area (Å²) in [5.74, 6) is 0.966. The van der Waals surface area contributed by atoms with Crippen LogP contribution in [0.5, 0.6) is 0 Å². The number of carbonyl (C=O) groups is 1. The Balaban J connectivity index is 2.16. The molecule has 0 aliphatic heterocycles. The molecule has 0 aromatic rings. The molecule has 3 heteroatoms. The van der Waals surface area contributed by atoms with Crippen molar-refractivity contribution >= 4 is 37.6 Å². The zero-order chi connectivity index (χ0) is 14.3. The van der Waals surface area contributed by atoms with Gasteiger partial charge < -0.3 is 0 Å². The van der Waals surface area contributed by atoms with E-state index in [-0.39, 0.29) is 31.3 Å². The second-order valence-electron chi connectivity index (χ2n) is 8.00. The second-order valence-corrected chi connectivity index (χ2v) is 11.4. The lowest BCUT2D eigenvalue weighted by molar-refractivity contribution is -0.138. The molecular weight excluding hydrogens is 368 g/mol. The maximum Gasteiger partial charge on any atom is 0.139 e. The van der Waals surface area contributed by atoms with Gasteiger partial charge in [0.05, 0.1) is 3.23 Å². The molecule has 0 amide bonds. The first kappa shape index (κ1) is 14.6. The lowest BCUT2D eigenvalue weighted by Crippen LogP contribution is -2.46. The normalized spacial score (nSPS) is 50.9. The molecule has 0 N–H and O–H groups in total. The van der Waals surface area contributed by atoms with Crippen molar-refractivity contribution < 1.29 is 4.79 Å². The van der Waals surface area contributed by atoms with E-state index in [1.807, 2.05) is 0 Å². The van der Waals surface area contributed by atoms with Crippen molar-refractivity contribution in [3.63, 3.8) is 0 Å². The second kappa shape index (κ2) is 3.88. The highest BCUT2D eigenvalue weighted by molar-refractivity contribution is 9.25. The van der Waals surface area contributed by atoms with Crippen LogP contribution in [0.3, 0.4) is 0 Å². The van der Waals surface area contributed by atoms with Gasteiger partial charge >= 0.3 is 0 Å². The van der Waals surface area contributed by atoms with Crippen molar-refractivity contribution in [2.75, 3.05) is 0 Å². The van der Waals surface area contributed by atoms with Gasteiger partial charge in [-0.3, -0.25) is 4.79 Å². The first-order valence-corrected chi connectivity index (χ1v) is 9.12. The molecule has 1 spiro atoms. The Labute approximate surface area is 133 Å². The first-order valence-electron chi connectivity index (χ1n) is 7.53. The molecule has 4 atom stereocenters. The van der Waals surface area contributed by atoms with Crippen LogP contribution in [-0.4, -0.2) is 9.02 Å². The van der Waals surface area contributed by atoms with E-state index in [9.17, 15) is 4.79 Å². The van der Waals surface area contributed by atoms with Crippen LogP contribution in [0, 0.1) is 28.1 Å². The SMILES string of the molecule is C[C@@H]1CC[C@]23[C@H](C1=O)C(C)(C)CCC[C@@]2(C)C3(Br)Br. The van der Waals surface area contributed by atoms with Crippen LogP contribution < -0.4 is 0 Å². The topological polar surface area (TPSA) is 17.1 Å². The van der Waals surface area contributed by atoms with E-state index in [1.165, 1.54) is 25.7 Å². The monoisotopic (exact) mass is 390 g/mol. The van der Waals surface area contributed by atoms with Gasteiger partial charge in [-0.2, -0.15) is 0 Å². The average molecular weight is 392 g/mol. The van der Waals surface area contributed by atoms with Gasteiger partial charge in [0.25, 0.3) is 0 Å². The van der Waals surface area contributed by atoms with E-state index in [0.29, 0.717) is 5.78 Å². The van der Waals surface area contributed by atoms with Gasteiger partial charge in [-0.25, -0.2) is 0 Å². The summed E-state index contributed by atoms with van der Waals surface area (Å²) in [4.78, 5) is 12.9. The molecule has 108 valence electrons. The summed E-state index contributed by atoms with van der Waals surface area (Å²) in [6.07, 6.45) is 5.89. The molecule has 3 rings (SSSR count). The predicted molar refractivity (Wildman–Crippen MR) is 85.7 cm³/mol. The number of hydrogen-bond acceptors (Lipinski definition) is 1. The van der Waals surface area contributed by atoms with Gasteiger partial charge in [-0.15, -0.1) is 0 Å². The lowest BCUT2D eigenvalue weighted by atomic mass is 9.58. The van der Waals surface area contributed by atoms with Gasteiger partial charge in [-0.1, -0.05) is 66.0 Å². The van der Waals surface area contributed by atoms with Crippen molar-refractivity contribution in [2.45, 2.75) is 63.0 Å². The fraction of sp³-hybridized carbons (Fsp3) is 0.938. The van der Waals surface area contributed by atoms with E-state index in [0.717, 1.165) is 6.42 Å². The number of halogens is 2. The molecule has 0 bridgehead atoms. The molecule has 3 saturated carbocycles. The van der Waals surface area contributed by atoms with Crippen LogP contribution in [0.1, 0.15) is 59.8 Å². The molecule has 0 saturated heterocycles. The Morgan fingerprint density at radius 1 is 1.11 bits per heavy atom. The summed E-state index contributed by atoms with van der Waals surface area (Å²) in [5, 5.41) is 0. The number of carbonyl (C=O) groups excluding carboxylic acids is 1. The third kappa shape index (κ3) is 1.45. The third-order valence-electron chi connectivity index (χ3n) is 6.69. The molecule has 0 aromatic heterocycles. The Bertz CT molecular complexity index is 442. The number of rotatable bonds is 0. The molecular formula is C16H24Br2O. The molecule has 0 heterocycles. The first-order chi connectivity index (χ1) is 8.62. The maximum absolute atomic E-state index is 12.9. The molecule has 3 aliphatic carbocycles. The minimum absolute atomic E-state index is 0.0296. The maximum atomic E-state index is 12.9. The third-order valence-corrected chi connectivity index (χ3v) is 9.85. The number of ketones is 1. The van der Waals surface area contributed by atoms with Gasteiger partial charge in [0.15, 0.2) is 0 Å². The van der Waals surface area contributed by atoms with Crippen LogP contribution in [0.15, 0.2) is 0 Å². The highest BCUT2D eigenvalue weighted by atomic mass is 79.9. The Hall–Kier alpha value is 0.630. The molecule has 3 fully saturated rings. The smallest absolute Gasteiger partial charge is 0.139 e. The van der Waals surface area contributed by atoms with Gasteiger partial charge in [-0.05, 0) is 31.1 Å².